The van der Waals surface area contributed by atoms with Crippen molar-refractivity contribution < 1.29 is 24.6 Å². The average molecular weight is 601 g/mol. The maximum absolute atomic E-state index is 11.5. The molecule has 0 saturated heterocycles. The van der Waals surface area contributed by atoms with Gasteiger partial charge < -0.3 is 36.2 Å². The van der Waals surface area contributed by atoms with Gasteiger partial charge in [-0.15, -0.1) is 0 Å². The highest BCUT2D eigenvalue weighted by atomic mass is 35.5. The zero-order valence-electron chi connectivity index (χ0n) is 25.3. The second kappa shape index (κ2) is 17.6. The van der Waals surface area contributed by atoms with Gasteiger partial charge >= 0.3 is 0 Å². The van der Waals surface area contributed by atoms with Crippen LogP contribution in [0.4, 0.5) is 22.7 Å². The summed E-state index contributed by atoms with van der Waals surface area (Å²) in [5, 5.41) is 22.1. The van der Waals surface area contributed by atoms with Gasteiger partial charge in [-0.25, -0.2) is 15.0 Å². The Morgan fingerprint density at radius 3 is 2.33 bits per heavy atom. The molecule has 11 nitrogen and oxygen atoms in total. The van der Waals surface area contributed by atoms with Crippen molar-refractivity contribution in [1.82, 2.24) is 0 Å². The molecule has 1 aliphatic heterocycles. The van der Waals surface area contributed by atoms with E-state index in [9.17, 15) is 4.79 Å². The summed E-state index contributed by atoms with van der Waals surface area (Å²) in [6.45, 7) is 5.33. The molecule has 42 heavy (non-hydrogen) atoms. The number of hydrogen-bond acceptors (Lipinski definition) is 10. The number of para-hydroxylation sites is 2. The zero-order valence-corrected chi connectivity index (χ0v) is 26.0. The number of nitrogens with one attached hydrogen (secondary N) is 2. The van der Waals surface area contributed by atoms with Crippen molar-refractivity contribution in [2.45, 2.75) is 26.3 Å². The molecule has 0 saturated carbocycles. The number of nitrogens with zero attached hydrogens (tertiary/aromatic N) is 3. The molecule has 3 aromatic carbocycles. The molecule has 12 heteroatoms. The Morgan fingerprint density at radius 1 is 1.07 bits per heavy atom. The fraction of sp³-hybridized carbons (Fsp3) is 0.300. The van der Waals surface area contributed by atoms with Crippen molar-refractivity contribution in [2.24, 2.45) is 15.7 Å². The Hall–Kier alpha value is -4.16. The van der Waals surface area contributed by atoms with Crippen LogP contribution >= 0.6 is 11.6 Å². The number of benzene rings is 3. The van der Waals surface area contributed by atoms with Gasteiger partial charge in [0.1, 0.15) is 11.4 Å². The normalized spacial score (nSPS) is 12.7. The predicted molar refractivity (Wildman–Crippen MR) is 172 cm³/mol. The van der Waals surface area contributed by atoms with Crippen LogP contribution in [-0.2, 0) is 9.63 Å². The lowest BCUT2D eigenvalue weighted by molar-refractivity contribution is -0.120. The molecular weight excluding hydrogens is 560 g/mol. The van der Waals surface area contributed by atoms with E-state index in [-0.39, 0.29) is 5.91 Å². The van der Waals surface area contributed by atoms with E-state index in [1.807, 2.05) is 55.5 Å². The number of rotatable bonds is 4. The summed E-state index contributed by atoms with van der Waals surface area (Å²) in [6, 6.07) is 20.6. The third kappa shape index (κ3) is 10.7. The van der Waals surface area contributed by atoms with Gasteiger partial charge in [0.25, 0.3) is 5.90 Å². The predicted octanol–water partition coefficient (Wildman–Crippen LogP) is 4.79. The highest BCUT2D eigenvalue weighted by Crippen LogP contribution is 2.32. The van der Waals surface area contributed by atoms with Crippen LogP contribution in [0.3, 0.4) is 0 Å². The van der Waals surface area contributed by atoms with Crippen LogP contribution in [0.15, 0.2) is 76.7 Å². The molecule has 1 heterocycles. The quantitative estimate of drug-likeness (QED) is 0.286. The number of carbonyl (C=O) groups excluding carboxylic acids is 1. The van der Waals surface area contributed by atoms with Gasteiger partial charge in [0.2, 0.25) is 5.91 Å². The number of aliphatic hydroxyl groups is 2. The Labute approximate surface area is 252 Å². The summed E-state index contributed by atoms with van der Waals surface area (Å²) in [4.78, 5) is 26.1. The van der Waals surface area contributed by atoms with Crippen LogP contribution in [-0.4, -0.2) is 68.8 Å². The number of anilines is 3. The Kier molecular flexibility index (Phi) is 15.0. The lowest BCUT2D eigenvalue weighted by Crippen LogP contribution is -2.45. The third-order valence-electron chi connectivity index (χ3n) is 5.37. The molecule has 0 bridgehead atoms. The smallest absolute Gasteiger partial charge is 0.284 e. The van der Waals surface area contributed by atoms with E-state index in [1.165, 1.54) is 0 Å². The molecule has 0 radical (unpaired) electrons. The monoisotopic (exact) mass is 600 g/mol. The Morgan fingerprint density at radius 2 is 1.74 bits per heavy atom. The molecule has 228 valence electrons. The molecule has 0 atom stereocenters. The number of methoxy groups -OCH3 is 1. The molecule has 6 N–H and O–H groups in total. The zero-order chi connectivity index (χ0) is 31.9. The van der Waals surface area contributed by atoms with Crippen molar-refractivity contribution >= 4 is 52.0 Å². The number of amides is 1. The van der Waals surface area contributed by atoms with Gasteiger partial charge in [-0.2, -0.15) is 0 Å². The summed E-state index contributed by atoms with van der Waals surface area (Å²) in [7, 11) is 7.05. The van der Waals surface area contributed by atoms with Crippen LogP contribution in [0.2, 0.25) is 5.02 Å². The third-order valence-corrected chi connectivity index (χ3v) is 5.70. The lowest BCUT2D eigenvalue weighted by Gasteiger charge is -2.19. The molecule has 4 rings (SSSR count). The minimum absolute atomic E-state index is 0.178. The molecule has 0 fully saturated rings. The van der Waals surface area contributed by atoms with Crippen LogP contribution in [0.25, 0.3) is 0 Å². The van der Waals surface area contributed by atoms with E-state index in [2.05, 4.69) is 20.6 Å². The van der Waals surface area contributed by atoms with Gasteiger partial charge in [-0.05, 0) is 62.7 Å². The van der Waals surface area contributed by atoms with Crippen molar-refractivity contribution in [3.05, 3.63) is 77.3 Å². The summed E-state index contributed by atoms with van der Waals surface area (Å²) in [5.41, 5.74) is 8.96. The van der Waals surface area contributed by atoms with Crippen molar-refractivity contribution in [3.63, 3.8) is 0 Å². The molecule has 1 amide bonds. The van der Waals surface area contributed by atoms with Crippen molar-refractivity contribution in [3.8, 4) is 5.75 Å². The number of nitrogens with two attached hydrogens (primary N) is 1. The van der Waals surface area contributed by atoms with E-state index in [1.54, 1.807) is 58.3 Å². The number of hydrogen-bond donors (Lipinski definition) is 5. The molecule has 3 aromatic rings. The fourth-order valence-electron chi connectivity index (χ4n) is 3.31. The minimum atomic E-state index is -0.844. The molecular formula is C30H41ClN6O5. The Balaban J connectivity index is 0.000000419. The van der Waals surface area contributed by atoms with Gasteiger partial charge in [-0.1, -0.05) is 35.9 Å². The second-order valence-electron chi connectivity index (χ2n) is 9.08. The maximum atomic E-state index is 11.5. The highest BCUT2D eigenvalue weighted by molar-refractivity contribution is 6.44. The number of aryl methyl sites for hydroxylation is 1. The first kappa shape index (κ1) is 35.9. The van der Waals surface area contributed by atoms with Gasteiger partial charge in [0, 0.05) is 40.1 Å². The minimum Gasteiger partial charge on any atom is -0.497 e. The van der Waals surface area contributed by atoms with E-state index >= 15 is 0 Å². The summed E-state index contributed by atoms with van der Waals surface area (Å²) in [6.07, 6.45) is 0. The SMILES string of the molecule is CN=C1ON(C)c2ccccc2N=C1Nc1cc(OC)ccc1Cl.CO.CO.Cc1cccc(NC(=O)C(C)(C)N)c1. The first-order valence-electron chi connectivity index (χ1n) is 12.8. The van der Waals surface area contributed by atoms with Gasteiger partial charge in [0.05, 0.1) is 29.0 Å². The Bertz CT molecular complexity index is 1360. The second-order valence-corrected chi connectivity index (χ2v) is 9.49. The van der Waals surface area contributed by atoms with Crippen molar-refractivity contribution in [1.29, 1.82) is 0 Å². The van der Waals surface area contributed by atoms with Gasteiger partial charge in [0.15, 0.2) is 5.84 Å². The number of amidine groups is 1. The van der Waals surface area contributed by atoms with Crippen LogP contribution < -0.4 is 26.2 Å². The van der Waals surface area contributed by atoms with Crippen LogP contribution in [0.1, 0.15) is 19.4 Å². The largest absolute Gasteiger partial charge is 0.497 e. The first-order chi connectivity index (χ1) is 20.0. The summed E-state index contributed by atoms with van der Waals surface area (Å²) < 4.78 is 5.24. The highest BCUT2D eigenvalue weighted by Gasteiger charge is 2.22. The number of aliphatic hydroxyl groups excluding tert-OH is 2. The number of halogens is 1. The topological polar surface area (TPSA) is 154 Å². The van der Waals surface area contributed by atoms with Crippen LogP contribution in [0.5, 0.6) is 5.75 Å². The lowest BCUT2D eigenvalue weighted by atomic mass is 10.1. The fourth-order valence-corrected chi connectivity index (χ4v) is 3.48. The standard InChI is InChI=1S/C17H17ClN4O2.C11H16N2O.2CH4O/c1-19-17-16(21-14-10-11(23-3)8-9-12(14)18)20-13-6-4-5-7-15(13)22(2)24-17;1-8-5-4-6-9(7-8)13-10(14)11(2,3)12;2*1-2/h4-10H,1-3H3,(H,20,21);4-7H,12H2,1-3H3,(H,13,14);2*2H,1H3. The van der Waals surface area contributed by atoms with E-state index in [4.69, 9.17) is 37.1 Å². The molecule has 0 spiro atoms. The first-order valence-corrected chi connectivity index (χ1v) is 13.1. The molecule has 1 aliphatic rings. The number of ether oxygens (including phenoxy) is 1. The van der Waals surface area contributed by atoms with E-state index < -0.39 is 5.54 Å². The number of carbonyl (C=O) groups is 1. The molecule has 0 aromatic heterocycles. The molecule has 0 unspecified atom stereocenters. The average Bonchev–Trinajstić information content (AvgIpc) is 3.12. The molecule has 0 aliphatic carbocycles. The number of hydroxylamine groups is 1. The summed E-state index contributed by atoms with van der Waals surface area (Å²) in [5.74, 6) is 1.32. The maximum Gasteiger partial charge on any atom is 0.284 e. The van der Waals surface area contributed by atoms with Gasteiger partial charge in [-0.3, -0.25) is 4.79 Å². The van der Waals surface area contributed by atoms with Crippen molar-refractivity contribution in [2.75, 3.05) is 51.1 Å². The number of aliphatic imine (C=N–C) groups is 2. The van der Waals surface area contributed by atoms with E-state index in [0.717, 1.165) is 36.8 Å². The summed E-state index contributed by atoms with van der Waals surface area (Å²) >= 11 is 6.27. The van der Waals surface area contributed by atoms with Crippen LogP contribution in [0, 0.1) is 6.92 Å². The number of fused-ring (bicyclic) bond motifs is 1. The van der Waals surface area contributed by atoms with E-state index in [0.29, 0.717) is 28.2 Å².